The largest absolute Gasteiger partial charge is 0.378 e. The van der Waals surface area contributed by atoms with Crippen molar-refractivity contribution in [2.24, 2.45) is 0 Å². The van der Waals surface area contributed by atoms with Crippen LogP contribution in [0.5, 0.6) is 0 Å². The molecule has 0 unspecified atom stereocenters. The van der Waals surface area contributed by atoms with E-state index in [0.29, 0.717) is 26.3 Å². The molecule has 0 spiro atoms. The maximum absolute atomic E-state index is 12.1. The summed E-state index contributed by atoms with van der Waals surface area (Å²) in [5, 5.41) is 8.05. The molecule has 0 radical (unpaired) electrons. The monoisotopic (exact) mass is 246 g/mol. The van der Waals surface area contributed by atoms with Gasteiger partial charge in [-0.2, -0.15) is 0 Å². The zero-order valence-corrected chi connectivity index (χ0v) is 9.95. The number of hydrogen-bond acceptors (Lipinski definition) is 4. The van der Waals surface area contributed by atoms with Crippen LogP contribution in [-0.4, -0.2) is 52.1 Å². The number of rotatable bonds is 2. The van der Waals surface area contributed by atoms with Gasteiger partial charge in [0.15, 0.2) is 0 Å². The number of carbonyl (C=O) groups excluding carboxylic acids is 1. The molecule has 6 heteroatoms. The molecule has 6 nitrogen and oxygen atoms in total. The summed E-state index contributed by atoms with van der Waals surface area (Å²) in [6.45, 7) is 2.78. The lowest BCUT2D eigenvalue weighted by molar-refractivity contribution is -0.136. The van der Waals surface area contributed by atoms with E-state index in [1.54, 1.807) is 9.58 Å². The first kappa shape index (κ1) is 11.2. The Morgan fingerprint density at radius 3 is 2.89 bits per heavy atom. The predicted octanol–water partition coefficient (Wildman–Crippen LogP) is 0.290. The van der Waals surface area contributed by atoms with Gasteiger partial charge in [0.1, 0.15) is 12.1 Å². The van der Waals surface area contributed by atoms with Gasteiger partial charge < -0.3 is 9.64 Å². The number of benzene rings is 1. The summed E-state index contributed by atoms with van der Waals surface area (Å²) in [6, 6.07) is 7.63. The first-order valence-corrected chi connectivity index (χ1v) is 5.98. The van der Waals surface area contributed by atoms with Crippen LogP contribution >= 0.6 is 0 Å². The highest BCUT2D eigenvalue weighted by Gasteiger charge is 2.18. The molecule has 2 heterocycles. The first-order valence-electron chi connectivity index (χ1n) is 5.98. The van der Waals surface area contributed by atoms with E-state index in [1.165, 1.54) is 0 Å². The van der Waals surface area contributed by atoms with Gasteiger partial charge in [0.25, 0.3) is 0 Å². The lowest BCUT2D eigenvalue weighted by Crippen LogP contribution is -2.42. The molecule has 1 aromatic carbocycles. The number of ether oxygens (including phenoxy) is 1. The lowest BCUT2D eigenvalue weighted by Gasteiger charge is -2.26. The van der Waals surface area contributed by atoms with E-state index in [-0.39, 0.29) is 12.5 Å². The topological polar surface area (TPSA) is 60.2 Å². The fourth-order valence-corrected chi connectivity index (χ4v) is 2.08. The lowest BCUT2D eigenvalue weighted by atomic mass is 10.3. The van der Waals surface area contributed by atoms with Crippen LogP contribution in [0.4, 0.5) is 0 Å². The molecule has 1 aromatic heterocycles. The van der Waals surface area contributed by atoms with E-state index in [4.69, 9.17) is 4.74 Å². The minimum atomic E-state index is 0.0638. The zero-order valence-electron chi connectivity index (χ0n) is 9.95. The van der Waals surface area contributed by atoms with Crippen LogP contribution in [0.15, 0.2) is 24.3 Å². The Bertz CT molecular complexity index is 560. The van der Waals surface area contributed by atoms with Crippen molar-refractivity contribution < 1.29 is 9.53 Å². The second-order valence-electron chi connectivity index (χ2n) is 4.23. The fourth-order valence-electron chi connectivity index (χ4n) is 2.08. The van der Waals surface area contributed by atoms with Crippen LogP contribution < -0.4 is 0 Å². The van der Waals surface area contributed by atoms with Gasteiger partial charge in [0.05, 0.1) is 18.7 Å². The normalized spacial score (nSPS) is 16.1. The van der Waals surface area contributed by atoms with Crippen molar-refractivity contribution in [3.8, 4) is 0 Å². The van der Waals surface area contributed by atoms with E-state index in [2.05, 4.69) is 10.3 Å². The minimum absolute atomic E-state index is 0.0638. The maximum atomic E-state index is 12.1. The van der Waals surface area contributed by atoms with Crippen molar-refractivity contribution in [1.82, 2.24) is 19.9 Å². The van der Waals surface area contributed by atoms with Gasteiger partial charge in [-0.05, 0) is 12.1 Å². The highest BCUT2D eigenvalue weighted by atomic mass is 16.5. The summed E-state index contributed by atoms with van der Waals surface area (Å²) in [5.74, 6) is 0.0638. The first-order chi connectivity index (χ1) is 8.84. The predicted molar refractivity (Wildman–Crippen MR) is 64.9 cm³/mol. The van der Waals surface area contributed by atoms with Gasteiger partial charge in [0.2, 0.25) is 5.91 Å². The molecular formula is C12H14N4O2. The molecule has 1 amide bonds. The van der Waals surface area contributed by atoms with E-state index >= 15 is 0 Å². The maximum Gasteiger partial charge on any atom is 0.244 e. The molecule has 1 fully saturated rings. The number of morpholine rings is 1. The third-order valence-corrected chi connectivity index (χ3v) is 3.07. The average Bonchev–Trinajstić information content (AvgIpc) is 2.83. The number of carbonyl (C=O) groups is 1. The number of aromatic nitrogens is 3. The van der Waals surface area contributed by atoms with Gasteiger partial charge in [0, 0.05) is 13.1 Å². The number of fused-ring (bicyclic) bond motifs is 1. The molecule has 1 aliphatic rings. The molecule has 3 rings (SSSR count). The molecule has 0 saturated carbocycles. The third kappa shape index (κ3) is 2.06. The summed E-state index contributed by atoms with van der Waals surface area (Å²) in [5.41, 5.74) is 1.70. The van der Waals surface area contributed by atoms with Gasteiger partial charge in [-0.25, -0.2) is 4.68 Å². The SMILES string of the molecule is O=C(Cn1nnc2ccccc21)N1CCOCC1. The molecule has 1 aliphatic heterocycles. The van der Waals surface area contributed by atoms with Crippen LogP contribution in [0.2, 0.25) is 0 Å². The second kappa shape index (κ2) is 4.73. The standard InChI is InChI=1S/C12H14N4O2/c17-12(15-5-7-18-8-6-15)9-16-11-4-2-1-3-10(11)13-14-16/h1-4H,5-9H2. The average molecular weight is 246 g/mol. The zero-order chi connectivity index (χ0) is 12.4. The molecule has 2 aromatic rings. The number of para-hydroxylation sites is 1. The van der Waals surface area contributed by atoms with Crippen LogP contribution in [0.1, 0.15) is 0 Å². The van der Waals surface area contributed by atoms with Crippen LogP contribution in [0.25, 0.3) is 11.0 Å². The molecular weight excluding hydrogens is 232 g/mol. The van der Waals surface area contributed by atoms with Gasteiger partial charge in [-0.15, -0.1) is 5.10 Å². The third-order valence-electron chi connectivity index (χ3n) is 3.07. The van der Waals surface area contributed by atoms with Crippen molar-refractivity contribution in [3.05, 3.63) is 24.3 Å². The minimum Gasteiger partial charge on any atom is -0.378 e. The van der Waals surface area contributed by atoms with Gasteiger partial charge >= 0.3 is 0 Å². The number of nitrogens with zero attached hydrogens (tertiary/aromatic N) is 4. The quantitative estimate of drug-likeness (QED) is 0.764. The number of amides is 1. The van der Waals surface area contributed by atoms with E-state index in [1.807, 2.05) is 24.3 Å². The Balaban J connectivity index is 1.77. The molecule has 1 saturated heterocycles. The highest BCUT2D eigenvalue weighted by molar-refractivity contribution is 5.79. The summed E-state index contributed by atoms with van der Waals surface area (Å²) in [4.78, 5) is 13.9. The molecule has 0 atom stereocenters. The molecule has 18 heavy (non-hydrogen) atoms. The van der Waals surface area contributed by atoms with Crippen molar-refractivity contribution >= 4 is 16.9 Å². The highest BCUT2D eigenvalue weighted by Crippen LogP contribution is 2.10. The second-order valence-corrected chi connectivity index (χ2v) is 4.23. The van der Waals surface area contributed by atoms with Crippen LogP contribution in [-0.2, 0) is 16.1 Å². The van der Waals surface area contributed by atoms with Gasteiger partial charge in [-0.1, -0.05) is 17.3 Å². The van der Waals surface area contributed by atoms with E-state index in [0.717, 1.165) is 11.0 Å². The van der Waals surface area contributed by atoms with Crippen molar-refractivity contribution in [2.75, 3.05) is 26.3 Å². The number of hydrogen-bond donors (Lipinski definition) is 0. The van der Waals surface area contributed by atoms with Crippen LogP contribution in [0, 0.1) is 0 Å². The summed E-state index contributed by atoms with van der Waals surface area (Å²) < 4.78 is 6.87. The van der Waals surface area contributed by atoms with Crippen molar-refractivity contribution in [1.29, 1.82) is 0 Å². The summed E-state index contributed by atoms with van der Waals surface area (Å²) >= 11 is 0. The summed E-state index contributed by atoms with van der Waals surface area (Å²) in [7, 11) is 0. The Kier molecular flexibility index (Phi) is 2.93. The van der Waals surface area contributed by atoms with Gasteiger partial charge in [-0.3, -0.25) is 4.79 Å². The Morgan fingerprint density at radius 2 is 2.06 bits per heavy atom. The van der Waals surface area contributed by atoms with Crippen molar-refractivity contribution in [3.63, 3.8) is 0 Å². The molecule has 0 bridgehead atoms. The fraction of sp³-hybridized carbons (Fsp3) is 0.417. The molecule has 94 valence electrons. The van der Waals surface area contributed by atoms with E-state index in [9.17, 15) is 4.79 Å². The van der Waals surface area contributed by atoms with E-state index < -0.39 is 0 Å². The Labute approximate surface area is 104 Å². The molecule has 0 aliphatic carbocycles. The summed E-state index contributed by atoms with van der Waals surface area (Å²) in [6.07, 6.45) is 0. The smallest absolute Gasteiger partial charge is 0.244 e. The molecule has 0 N–H and O–H groups in total. The Hall–Kier alpha value is -1.95. The Morgan fingerprint density at radius 1 is 1.28 bits per heavy atom. The van der Waals surface area contributed by atoms with Crippen molar-refractivity contribution in [2.45, 2.75) is 6.54 Å². The van der Waals surface area contributed by atoms with Crippen LogP contribution in [0.3, 0.4) is 0 Å².